The fourth-order valence-electron chi connectivity index (χ4n) is 8.46. The minimum absolute atomic E-state index is 0.612. The molecule has 2 aromatic heterocycles. The maximum absolute atomic E-state index is 5.40. The summed E-state index contributed by atoms with van der Waals surface area (Å²) in [5.41, 5.74) is 13.0. The molecule has 0 fully saturated rings. The highest BCUT2D eigenvalue weighted by atomic mass is 15.1. The molecule has 4 nitrogen and oxygen atoms in total. The molecule has 0 saturated heterocycles. The summed E-state index contributed by atoms with van der Waals surface area (Å²) < 4.78 is 2.39. The van der Waals surface area contributed by atoms with E-state index in [1.54, 1.807) is 0 Å². The van der Waals surface area contributed by atoms with Crippen LogP contribution in [0.1, 0.15) is 0 Å². The fraction of sp³-hybridized carbons (Fsp3) is 0. The zero-order chi connectivity index (χ0) is 39.1. The first-order valence-electron chi connectivity index (χ1n) is 19.9. The Morgan fingerprint density at radius 2 is 0.678 bits per heavy atom. The third-order valence-corrected chi connectivity index (χ3v) is 11.3. The molecule has 0 bridgehead atoms. The SMILES string of the molecule is c1ccc(-c2cccc(-c3ccc(-c4nc(-c5ccccc5)nc(-c5c(-n6c7ccccc7c7ccccc76)cc(-c6ccccc6)c6ccccc56)n4)cc3)c2)cc1. The van der Waals surface area contributed by atoms with Gasteiger partial charge < -0.3 is 4.57 Å². The van der Waals surface area contributed by atoms with Crippen molar-refractivity contribution >= 4 is 32.6 Å². The number of nitrogens with zero attached hydrogens (tertiary/aromatic N) is 4. The van der Waals surface area contributed by atoms with Crippen molar-refractivity contribution in [2.45, 2.75) is 0 Å². The van der Waals surface area contributed by atoms with Crippen LogP contribution in [-0.4, -0.2) is 19.5 Å². The summed E-state index contributed by atoms with van der Waals surface area (Å²) in [5, 5.41) is 4.58. The van der Waals surface area contributed by atoms with Crippen LogP contribution in [0.5, 0.6) is 0 Å². The van der Waals surface area contributed by atoms with E-state index in [4.69, 9.17) is 15.0 Å². The van der Waals surface area contributed by atoms with Crippen LogP contribution < -0.4 is 0 Å². The number of aromatic nitrogens is 4. The van der Waals surface area contributed by atoms with Crippen LogP contribution in [0, 0.1) is 0 Å². The molecule has 11 aromatic rings. The Morgan fingerprint density at radius 3 is 1.27 bits per heavy atom. The molecule has 0 unspecified atom stereocenters. The van der Waals surface area contributed by atoms with E-state index < -0.39 is 0 Å². The van der Waals surface area contributed by atoms with Crippen molar-refractivity contribution in [2.24, 2.45) is 0 Å². The zero-order valence-corrected chi connectivity index (χ0v) is 32.1. The monoisotopic (exact) mass is 752 g/mol. The highest BCUT2D eigenvalue weighted by Crippen LogP contribution is 2.43. The van der Waals surface area contributed by atoms with E-state index in [2.05, 4.69) is 205 Å². The number of hydrogen-bond acceptors (Lipinski definition) is 3. The summed E-state index contributed by atoms with van der Waals surface area (Å²) >= 11 is 0. The van der Waals surface area contributed by atoms with Crippen molar-refractivity contribution in [3.63, 3.8) is 0 Å². The van der Waals surface area contributed by atoms with Gasteiger partial charge in [-0.2, -0.15) is 0 Å². The lowest BCUT2D eigenvalue weighted by atomic mass is 9.92. The predicted octanol–water partition coefficient (Wildman–Crippen LogP) is 14.1. The maximum Gasteiger partial charge on any atom is 0.166 e. The molecule has 0 aliphatic heterocycles. The molecule has 0 N–H and O–H groups in total. The number of hydrogen-bond donors (Lipinski definition) is 0. The summed E-state index contributed by atoms with van der Waals surface area (Å²) in [6.45, 7) is 0. The molecular formula is C55H36N4. The van der Waals surface area contributed by atoms with Crippen LogP contribution in [0.15, 0.2) is 218 Å². The largest absolute Gasteiger partial charge is 0.308 e. The standard InChI is InChI=1S/C55H36N4/c1-4-17-37(18-5-1)42-23-16-24-43(35-42)38-31-33-41(34-32-38)54-56-53(40-21-8-3-9-22-40)57-55(58-54)52-47-28-11-10-25-44(47)48(39-19-6-2-7-20-39)36-51(52)59-49-29-14-12-26-45(49)46-27-13-15-30-50(46)59/h1-36H. The average molecular weight is 753 g/mol. The Kier molecular flexibility index (Phi) is 8.45. The quantitative estimate of drug-likeness (QED) is 0.163. The Hall–Kier alpha value is -7.95. The van der Waals surface area contributed by atoms with Gasteiger partial charge in [0, 0.05) is 21.9 Å². The smallest absolute Gasteiger partial charge is 0.166 e. The van der Waals surface area contributed by atoms with E-state index >= 15 is 0 Å². The van der Waals surface area contributed by atoms with Crippen molar-refractivity contribution in [3.05, 3.63) is 218 Å². The van der Waals surface area contributed by atoms with Crippen molar-refractivity contribution in [3.8, 4) is 73.2 Å². The van der Waals surface area contributed by atoms with Crippen molar-refractivity contribution < 1.29 is 0 Å². The first kappa shape index (κ1) is 34.3. The van der Waals surface area contributed by atoms with Gasteiger partial charge in [-0.15, -0.1) is 0 Å². The van der Waals surface area contributed by atoms with E-state index in [0.29, 0.717) is 17.5 Å². The van der Waals surface area contributed by atoms with Crippen LogP contribution in [0.3, 0.4) is 0 Å². The predicted molar refractivity (Wildman–Crippen MR) is 244 cm³/mol. The lowest BCUT2D eigenvalue weighted by molar-refractivity contribution is 1.07. The molecule has 276 valence electrons. The first-order valence-corrected chi connectivity index (χ1v) is 19.9. The van der Waals surface area contributed by atoms with Crippen LogP contribution in [0.25, 0.3) is 106 Å². The highest BCUT2D eigenvalue weighted by Gasteiger charge is 2.23. The second-order valence-corrected chi connectivity index (χ2v) is 14.8. The maximum atomic E-state index is 5.40. The summed E-state index contributed by atoms with van der Waals surface area (Å²) in [6, 6.07) is 76.9. The molecule has 59 heavy (non-hydrogen) atoms. The van der Waals surface area contributed by atoms with E-state index in [9.17, 15) is 0 Å². The topological polar surface area (TPSA) is 43.6 Å². The van der Waals surface area contributed by atoms with Crippen LogP contribution >= 0.6 is 0 Å². The molecule has 11 rings (SSSR count). The molecule has 0 amide bonds. The van der Waals surface area contributed by atoms with Gasteiger partial charge in [0.1, 0.15) is 0 Å². The zero-order valence-electron chi connectivity index (χ0n) is 32.1. The van der Waals surface area contributed by atoms with E-state index in [1.165, 1.54) is 21.9 Å². The summed E-state index contributed by atoms with van der Waals surface area (Å²) in [6.07, 6.45) is 0. The highest BCUT2D eigenvalue weighted by molar-refractivity contribution is 6.13. The Morgan fingerprint density at radius 1 is 0.271 bits per heavy atom. The van der Waals surface area contributed by atoms with E-state index in [1.807, 2.05) is 18.2 Å². The van der Waals surface area contributed by atoms with E-state index in [0.717, 1.165) is 66.4 Å². The number of rotatable bonds is 7. The Bertz CT molecular complexity index is 3250. The molecule has 0 spiro atoms. The van der Waals surface area contributed by atoms with Crippen LogP contribution in [-0.2, 0) is 0 Å². The molecule has 4 heteroatoms. The summed E-state index contributed by atoms with van der Waals surface area (Å²) in [4.78, 5) is 15.9. The van der Waals surface area contributed by atoms with Gasteiger partial charge >= 0.3 is 0 Å². The van der Waals surface area contributed by atoms with Crippen LogP contribution in [0.2, 0.25) is 0 Å². The molecule has 9 aromatic carbocycles. The fourth-order valence-corrected chi connectivity index (χ4v) is 8.46. The third-order valence-electron chi connectivity index (χ3n) is 11.3. The lowest BCUT2D eigenvalue weighted by Crippen LogP contribution is -2.05. The second kappa shape index (κ2) is 14.5. The van der Waals surface area contributed by atoms with Gasteiger partial charge in [0.05, 0.1) is 22.3 Å². The average Bonchev–Trinajstić information content (AvgIpc) is 3.66. The van der Waals surface area contributed by atoms with Crippen LogP contribution in [0.4, 0.5) is 0 Å². The van der Waals surface area contributed by atoms with Gasteiger partial charge in [-0.25, -0.2) is 15.0 Å². The molecule has 2 heterocycles. The van der Waals surface area contributed by atoms with Gasteiger partial charge in [-0.3, -0.25) is 0 Å². The molecule has 0 saturated carbocycles. The molecule has 0 radical (unpaired) electrons. The number of fused-ring (bicyclic) bond motifs is 4. The normalized spacial score (nSPS) is 11.4. The molecule has 0 atom stereocenters. The minimum atomic E-state index is 0.612. The van der Waals surface area contributed by atoms with Crippen molar-refractivity contribution in [1.82, 2.24) is 19.5 Å². The second-order valence-electron chi connectivity index (χ2n) is 14.8. The van der Waals surface area contributed by atoms with Crippen molar-refractivity contribution in [2.75, 3.05) is 0 Å². The van der Waals surface area contributed by atoms with Gasteiger partial charge in [-0.1, -0.05) is 194 Å². The van der Waals surface area contributed by atoms with Gasteiger partial charge in [-0.05, 0) is 68.4 Å². The minimum Gasteiger partial charge on any atom is -0.308 e. The summed E-state index contributed by atoms with van der Waals surface area (Å²) in [7, 11) is 0. The molecule has 0 aliphatic carbocycles. The van der Waals surface area contributed by atoms with Gasteiger partial charge in [0.15, 0.2) is 17.5 Å². The Balaban J connectivity index is 1.16. The third kappa shape index (κ3) is 6.15. The van der Waals surface area contributed by atoms with Gasteiger partial charge in [0.25, 0.3) is 0 Å². The first-order chi connectivity index (χ1) is 29.3. The Labute approximate surface area is 342 Å². The van der Waals surface area contributed by atoms with Crippen molar-refractivity contribution in [1.29, 1.82) is 0 Å². The lowest BCUT2D eigenvalue weighted by Gasteiger charge is -2.20. The molecular weight excluding hydrogens is 717 g/mol. The molecule has 0 aliphatic rings. The van der Waals surface area contributed by atoms with E-state index in [-0.39, 0.29) is 0 Å². The number of para-hydroxylation sites is 2. The van der Waals surface area contributed by atoms with Gasteiger partial charge in [0.2, 0.25) is 0 Å². The number of benzene rings is 9. The summed E-state index contributed by atoms with van der Waals surface area (Å²) in [5.74, 6) is 1.85.